The van der Waals surface area contributed by atoms with Crippen LogP contribution >= 0.6 is 23.2 Å². The van der Waals surface area contributed by atoms with Crippen LogP contribution in [-0.2, 0) is 0 Å². The van der Waals surface area contributed by atoms with E-state index in [2.05, 4.69) is 9.97 Å². The Morgan fingerprint density at radius 3 is 2.45 bits per heavy atom. The third-order valence-electron chi connectivity index (χ3n) is 0.977. The van der Waals surface area contributed by atoms with Crippen molar-refractivity contribution in [3.05, 3.63) is 16.0 Å². The maximum atomic E-state index is 8.45. The van der Waals surface area contributed by atoms with Crippen LogP contribution in [0.2, 0.25) is 10.4 Å². The van der Waals surface area contributed by atoms with Gasteiger partial charge < -0.3 is 5.73 Å². The molecule has 0 bridgehead atoms. The predicted molar refractivity (Wildman–Crippen MR) is 41.2 cm³/mol. The van der Waals surface area contributed by atoms with Gasteiger partial charge in [0.15, 0.2) is 5.15 Å². The lowest BCUT2D eigenvalue weighted by atomic mass is 10.3. The number of nitriles is 1. The average Bonchev–Trinajstić information content (AvgIpc) is 1.85. The highest BCUT2D eigenvalue weighted by atomic mass is 35.5. The van der Waals surface area contributed by atoms with E-state index in [4.69, 9.17) is 34.2 Å². The minimum atomic E-state index is -0.0634. The zero-order valence-corrected chi connectivity index (χ0v) is 6.69. The van der Waals surface area contributed by atoms with Crippen LogP contribution in [0.1, 0.15) is 5.56 Å². The normalized spacial score (nSPS) is 9.18. The molecule has 0 aliphatic heterocycles. The third kappa shape index (κ3) is 1.50. The Labute approximate surface area is 72.6 Å². The largest absolute Gasteiger partial charge is 0.382 e. The summed E-state index contributed by atoms with van der Waals surface area (Å²) in [6.45, 7) is 0. The van der Waals surface area contributed by atoms with Gasteiger partial charge in [-0.3, -0.25) is 0 Å². The van der Waals surface area contributed by atoms with E-state index in [1.54, 1.807) is 6.07 Å². The summed E-state index contributed by atoms with van der Waals surface area (Å²) in [4.78, 5) is 7.05. The van der Waals surface area contributed by atoms with Gasteiger partial charge in [-0.1, -0.05) is 11.6 Å². The van der Waals surface area contributed by atoms with Gasteiger partial charge in [0.05, 0.1) is 0 Å². The van der Waals surface area contributed by atoms with Crippen molar-refractivity contribution in [2.24, 2.45) is 0 Å². The molecule has 0 aromatic carbocycles. The van der Waals surface area contributed by atoms with E-state index in [1.807, 2.05) is 0 Å². The average molecular weight is 189 g/mol. The van der Waals surface area contributed by atoms with Crippen LogP contribution in [0, 0.1) is 11.3 Å². The molecule has 0 atom stereocenters. The number of aromatic nitrogens is 2. The highest BCUT2D eigenvalue weighted by Gasteiger charge is 2.07. The Balaban J connectivity index is 3.40. The van der Waals surface area contributed by atoms with Gasteiger partial charge in [0.1, 0.15) is 17.5 Å². The summed E-state index contributed by atoms with van der Waals surface area (Å²) in [5, 5.41) is 8.37. The second-order valence-electron chi connectivity index (χ2n) is 1.66. The number of halogens is 2. The van der Waals surface area contributed by atoms with Gasteiger partial charge in [-0.05, 0) is 11.6 Å². The number of hydrogen-bond donors (Lipinski definition) is 1. The molecule has 0 saturated carbocycles. The van der Waals surface area contributed by atoms with Crippen LogP contribution in [0.4, 0.5) is 5.82 Å². The van der Waals surface area contributed by atoms with Crippen molar-refractivity contribution in [1.82, 2.24) is 9.97 Å². The lowest BCUT2D eigenvalue weighted by Gasteiger charge is -1.97. The Morgan fingerprint density at radius 2 is 2.00 bits per heavy atom. The van der Waals surface area contributed by atoms with Crippen LogP contribution in [0.25, 0.3) is 0 Å². The van der Waals surface area contributed by atoms with E-state index >= 15 is 0 Å². The summed E-state index contributed by atoms with van der Waals surface area (Å²) >= 11 is 10.9. The molecule has 0 aliphatic carbocycles. The Bertz CT molecular complexity index is 307. The highest BCUT2D eigenvalue weighted by Crippen LogP contribution is 2.18. The number of rotatable bonds is 0. The summed E-state index contributed by atoms with van der Waals surface area (Å²) in [5.74, 6) is -0.00231. The van der Waals surface area contributed by atoms with E-state index in [0.717, 1.165) is 0 Å². The molecule has 0 unspecified atom stereocenters. The minimum Gasteiger partial charge on any atom is -0.382 e. The molecular formula is C5H2Cl2N4. The summed E-state index contributed by atoms with van der Waals surface area (Å²) in [6, 6.07) is 1.75. The van der Waals surface area contributed by atoms with Crippen molar-refractivity contribution in [3.63, 3.8) is 0 Å². The van der Waals surface area contributed by atoms with Gasteiger partial charge in [0.2, 0.25) is 5.28 Å². The van der Waals surface area contributed by atoms with Crippen LogP contribution < -0.4 is 5.73 Å². The first kappa shape index (κ1) is 8.05. The molecule has 11 heavy (non-hydrogen) atoms. The molecule has 0 fully saturated rings. The van der Waals surface area contributed by atoms with Gasteiger partial charge in [-0.25, -0.2) is 4.98 Å². The monoisotopic (exact) mass is 188 g/mol. The van der Waals surface area contributed by atoms with Crippen molar-refractivity contribution < 1.29 is 0 Å². The number of nitrogen functional groups attached to an aromatic ring is 1. The van der Waals surface area contributed by atoms with Crippen LogP contribution in [0.15, 0.2) is 0 Å². The lowest BCUT2D eigenvalue weighted by Crippen LogP contribution is -1.97. The SMILES string of the molecule is N#Cc1c(N)nc(Cl)nc1Cl. The quantitative estimate of drug-likeness (QED) is 0.491. The van der Waals surface area contributed by atoms with Crippen molar-refractivity contribution in [3.8, 4) is 6.07 Å². The maximum absolute atomic E-state index is 8.45. The molecule has 56 valence electrons. The minimum absolute atomic E-state index is 0.00231. The zero-order chi connectivity index (χ0) is 8.43. The first-order chi connectivity index (χ1) is 5.15. The smallest absolute Gasteiger partial charge is 0.225 e. The van der Waals surface area contributed by atoms with Crippen LogP contribution in [0.5, 0.6) is 0 Å². The highest BCUT2D eigenvalue weighted by molar-refractivity contribution is 6.32. The standard InChI is InChI=1S/C5H2Cl2N4/c6-3-2(1-8)4(9)11-5(7)10-3/h(H2,9,10,11). The van der Waals surface area contributed by atoms with E-state index in [0.29, 0.717) is 0 Å². The van der Waals surface area contributed by atoms with Gasteiger partial charge in [0, 0.05) is 0 Å². The first-order valence-electron chi connectivity index (χ1n) is 2.53. The van der Waals surface area contributed by atoms with Crippen molar-refractivity contribution in [2.75, 3.05) is 5.73 Å². The third-order valence-corrected chi connectivity index (χ3v) is 1.42. The second-order valence-corrected chi connectivity index (χ2v) is 2.35. The summed E-state index contributed by atoms with van der Waals surface area (Å²) < 4.78 is 0. The Morgan fingerprint density at radius 1 is 1.36 bits per heavy atom. The Hall–Kier alpha value is -1.05. The van der Waals surface area contributed by atoms with Gasteiger partial charge in [0.25, 0.3) is 0 Å². The molecule has 4 nitrogen and oxygen atoms in total. The number of hydrogen-bond acceptors (Lipinski definition) is 4. The van der Waals surface area contributed by atoms with E-state index in [1.165, 1.54) is 0 Å². The van der Waals surface area contributed by atoms with Gasteiger partial charge >= 0.3 is 0 Å². The molecule has 0 amide bonds. The Kier molecular flexibility index (Phi) is 2.13. The lowest BCUT2D eigenvalue weighted by molar-refractivity contribution is 1.16. The number of nitrogens with two attached hydrogens (primary N) is 1. The second kappa shape index (κ2) is 2.91. The fourth-order valence-electron chi connectivity index (χ4n) is 0.526. The van der Waals surface area contributed by atoms with Crippen molar-refractivity contribution in [1.29, 1.82) is 5.26 Å². The molecule has 0 spiro atoms. The molecule has 1 heterocycles. The van der Waals surface area contributed by atoms with Crippen LogP contribution in [-0.4, -0.2) is 9.97 Å². The molecule has 0 saturated heterocycles. The van der Waals surface area contributed by atoms with Gasteiger partial charge in [-0.15, -0.1) is 0 Å². The van der Waals surface area contributed by atoms with E-state index in [9.17, 15) is 0 Å². The molecule has 2 N–H and O–H groups in total. The molecule has 6 heteroatoms. The summed E-state index contributed by atoms with van der Waals surface area (Å²) in [5.41, 5.74) is 5.34. The fourth-order valence-corrected chi connectivity index (χ4v) is 0.964. The van der Waals surface area contributed by atoms with Crippen LogP contribution in [0.3, 0.4) is 0 Å². The van der Waals surface area contributed by atoms with Crippen molar-refractivity contribution >= 4 is 29.0 Å². The molecule has 1 aromatic heterocycles. The molecular weight excluding hydrogens is 187 g/mol. The first-order valence-corrected chi connectivity index (χ1v) is 3.29. The summed E-state index contributed by atoms with van der Waals surface area (Å²) in [7, 11) is 0. The fraction of sp³-hybridized carbons (Fsp3) is 0. The van der Waals surface area contributed by atoms with Crippen molar-refractivity contribution in [2.45, 2.75) is 0 Å². The van der Waals surface area contributed by atoms with E-state index in [-0.39, 0.29) is 21.8 Å². The molecule has 1 rings (SSSR count). The summed E-state index contributed by atoms with van der Waals surface area (Å²) in [6.07, 6.45) is 0. The molecule has 0 aliphatic rings. The van der Waals surface area contributed by atoms with Gasteiger partial charge in [-0.2, -0.15) is 10.2 Å². The molecule has 0 radical (unpaired) electrons. The molecule has 1 aromatic rings. The number of anilines is 1. The topological polar surface area (TPSA) is 75.6 Å². The van der Waals surface area contributed by atoms with E-state index < -0.39 is 0 Å². The predicted octanol–water partition coefficient (Wildman–Crippen LogP) is 1.24. The zero-order valence-electron chi connectivity index (χ0n) is 5.17. The maximum Gasteiger partial charge on any atom is 0.225 e. The number of nitrogens with zero attached hydrogens (tertiary/aromatic N) is 3.